The summed E-state index contributed by atoms with van der Waals surface area (Å²) >= 11 is 5.81. The van der Waals surface area contributed by atoms with E-state index in [1.807, 2.05) is 30.5 Å². The normalized spacial score (nSPS) is 18.2. The molecule has 0 fully saturated rings. The molecule has 0 radical (unpaired) electrons. The van der Waals surface area contributed by atoms with Crippen molar-refractivity contribution in [1.82, 2.24) is 0 Å². The average Bonchev–Trinajstić information content (AvgIpc) is 2.19. The van der Waals surface area contributed by atoms with Crippen molar-refractivity contribution >= 4 is 17.3 Å². The molecule has 0 aromatic heterocycles. The lowest BCUT2D eigenvalue weighted by molar-refractivity contribution is 0.554. The third-order valence-corrected chi connectivity index (χ3v) is 2.48. The molecular formula is C11H12ClN3. The van der Waals surface area contributed by atoms with Crippen LogP contribution >= 0.6 is 11.6 Å². The first-order valence-corrected chi connectivity index (χ1v) is 4.96. The monoisotopic (exact) mass is 221 g/mol. The van der Waals surface area contributed by atoms with Gasteiger partial charge in [0.05, 0.1) is 0 Å². The predicted molar refractivity (Wildman–Crippen MR) is 63.3 cm³/mol. The Morgan fingerprint density at radius 3 is 2.33 bits per heavy atom. The molecule has 1 aromatic rings. The Morgan fingerprint density at radius 1 is 1.07 bits per heavy atom. The summed E-state index contributed by atoms with van der Waals surface area (Å²) in [5.41, 5.74) is 12.8. The van der Waals surface area contributed by atoms with Crippen LogP contribution in [0.5, 0.6) is 0 Å². The van der Waals surface area contributed by atoms with Gasteiger partial charge in [-0.05, 0) is 36.4 Å². The largest absolute Gasteiger partial charge is 0.314 e. The van der Waals surface area contributed by atoms with Gasteiger partial charge in [0.25, 0.3) is 0 Å². The predicted octanol–water partition coefficient (Wildman–Crippen LogP) is 1.80. The molecule has 1 heterocycles. The maximum absolute atomic E-state index is 5.92. The number of anilines is 1. The quantitative estimate of drug-likeness (QED) is 0.711. The van der Waals surface area contributed by atoms with Crippen molar-refractivity contribution in [3.05, 3.63) is 53.7 Å². The number of hydrogen-bond acceptors (Lipinski definition) is 3. The lowest BCUT2D eigenvalue weighted by Gasteiger charge is -2.36. The molecule has 0 atom stereocenters. The Morgan fingerprint density at radius 2 is 1.73 bits per heavy atom. The van der Waals surface area contributed by atoms with Gasteiger partial charge < -0.3 is 4.90 Å². The van der Waals surface area contributed by atoms with E-state index < -0.39 is 5.79 Å². The van der Waals surface area contributed by atoms with E-state index in [-0.39, 0.29) is 0 Å². The first kappa shape index (κ1) is 10.2. The molecule has 4 heteroatoms. The molecule has 0 saturated carbocycles. The zero-order chi connectivity index (χ0) is 10.9. The summed E-state index contributed by atoms with van der Waals surface area (Å²) < 4.78 is 0. The molecule has 4 N–H and O–H groups in total. The number of allylic oxidation sites excluding steroid dienone is 2. The highest BCUT2D eigenvalue weighted by molar-refractivity contribution is 6.30. The van der Waals surface area contributed by atoms with E-state index in [1.54, 1.807) is 23.1 Å². The highest BCUT2D eigenvalue weighted by Gasteiger charge is 2.24. The second-order valence-electron chi connectivity index (χ2n) is 3.43. The fourth-order valence-electron chi connectivity index (χ4n) is 1.47. The van der Waals surface area contributed by atoms with Crippen molar-refractivity contribution in [3.8, 4) is 0 Å². The van der Waals surface area contributed by atoms with Gasteiger partial charge in [-0.1, -0.05) is 17.7 Å². The van der Waals surface area contributed by atoms with Crippen LogP contribution in [0.4, 0.5) is 5.69 Å². The summed E-state index contributed by atoms with van der Waals surface area (Å²) in [7, 11) is 0. The minimum absolute atomic E-state index is 0.690. The van der Waals surface area contributed by atoms with Crippen molar-refractivity contribution in [2.75, 3.05) is 4.90 Å². The lowest BCUT2D eigenvalue weighted by atomic mass is 10.2. The Bertz CT molecular complexity index is 406. The smallest absolute Gasteiger partial charge is 0.165 e. The Kier molecular flexibility index (Phi) is 2.52. The zero-order valence-corrected chi connectivity index (χ0v) is 8.85. The van der Waals surface area contributed by atoms with Crippen molar-refractivity contribution in [3.63, 3.8) is 0 Å². The number of halogens is 1. The van der Waals surface area contributed by atoms with Crippen LogP contribution in [0.15, 0.2) is 48.7 Å². The van der Waals surface area contributed by atoms with Crippen LogP contribution in [0.3, 0.4) is 0 Å². The molecule has 0 aliphatic carbocycles. The molecule has 1 aliphatic heterocycles. The second kappa shape index (κ2) is 3.70. The van der Waals surface area contributed by atoms with Gasteiger partial charge in [0.1, 0.15) is 0 Å². The molecular weight excluding hydrogens is 210 g/mol. The maximum Gasteiger partial charge on any atom is 0.165 e. The number of benzene rings is 1. The summed E-state index contributed by atoms with van der Waals surface area (Å²) in [6.07, 6.45) is 7.28. The molecule has 0 saturated heterocycles. The number of hydrogen-bond donors (Lipinski definition) is 2. The van der Waals surface area contributed by atoms with Gasteiger partial charge in [-0.25, -0.2) is 0 Å². The average molecular weight is 222 g/mol. The van der Waals surface area contributed by atoms with E-state index in [2.05, 4.69) is 0 Å². The van der Waals surface area contributed by atoms with E-state index in [1.165, 1.54) is 0 Å². The van der Waals surface area contributed by atoms with Crippen LogP contribution in [0.2, 0.25) is 5.02 Å². The van der Waals surface area contributed by atoms with Crippen LogP contribution in [-0.2, 0) is 0 Å². The Labute approximate surface area is 93.6 Å². The van der Waals surface area contributed by atoms with Crippen LogP contribution in [0.25, 0.3) is 0 Å². The molecule has 0 bridgehead atoms. The van der Waals surface area contributed by atoms with Crippen LogP contribution in [0.1, 0.15) is 0 Å². The Balaban J connectivity index is 2.35. The summed E-state index contributed by atoms with van der Waals surface area (Å²) in [6, 6.07) is 7.36. The fourth-order valence-corrected chi connectivity index (χ4v) is 1.59. The van der Waals surface area contributed by atoms with Crippen molar-refractivity contribution in [2.45, 2.75) is 5.79 Å². The third-order valence-electron chi connectivity index (χ3n) is 2.23. The first-order valence-electron chi connectivity index (χ1n) is 4.58. The van der Waals surface area contributed by atoms with Crippen LogP contribution in [-0.4, -0.2) is 5.79 Å². The van der Waals surface area contributed by atoms with Crippen LogP contribution < -0.4 is 16.4 Å². The lowest BCUT2D eigenvalue weighted by Crippen LogP contribution is -2.60. The molecule has 1 aromatic carbocycles. The molecule has 0 amide bonds. The molecule has 0 unspecified atom stereocenters. The van der Waals surface area contributed by atoms with E-state index in [9.17, 15) is 0 Å². The van der Waals surface area contributed by atoms with Gasteiger partial charge in [0.15, 0.2) is 5.79 Å². The summed E-state index contributed by atoms with van der Waals surface area (Å²) in [4.78, 5) is 1.78. The van der Waals surface area contributed by atoms with E-state index in [4.69, 9.17) is 23.1 Å². The van der Waals surface area contributed by atoms with E-state index >= 15 is 0 Å². The number of rotatable bonds is 1. The molecule has 3 nitrogen and oxygen atoms in total. The molecule has 15 heavy (non-hydrogen) atoms. The van der Waals surface area contributed by atoms with Gasteiger partial charge in [0, 0.05) is 16.9 Å². The SMILES string of the molecule is NC1(N)C=CC=CN1c1ccc(Cl)cc1. The third kappa shape index (κ3) is 2.04. The summed E-state index contributed by atoms with van der Waals surface area (Å²) in [6.45, 7) is 0. The Hall–Kier alpha value is -1.29. The van der Waals surface area contributed by atoms with E-state index in [0.717, 1.165) is 5.69 Å². The summed E-state index contributed by atoms with van der Waals surface area (Å²) in [5.74, 6) is -0.984. The molecule has 1 aliphatic rings. The zero-order valence-electron chi connectivity index (χ0n) is 8.10. The van der Waals surface area contributed by atoms with Gasteiger partial charge >= 0.3 is 0 Å². The molecule has 78 valence electrons. The second-order valence-corrected chi connectivity index (χ2v) is 3.87. The van der Waals surface area contributed by atoms with E-state index in [0.29, 0.717) is 5.02 Å². The first-order chi connectivity index (χ1) is 7.09. The minimum Gasteiger partial charge on any atom is -0.314 e. The standard InChI is InChI=1S/C11H12ClN3/c12-9-3-5-10(6-4-9)15-8-2-1-7-11(15,13)14/h1-8H,13-14H2. The molecule has 2 rings (SSSR count). The van der Waals surface area contributed by atoms with Gasteiger partial charge in [-0.2, -0.15) is 0 Å². The number of nitrogens with two attached hydrogens (primary N) is 2. The van der Waals surface area contributed by atoms with Crippen molar-refractivity contribution in [1.29, 1.82) is 0 Å². The number of nitrogens with zero attached hydrogens (tertiary/aromatic N) is 1. The van der Waals surface area contributed by atoms with Gasteiger partial charge in [0.2, 0.25) is 0 Å². The highest BCUT2D eigenvalue weighted by atomic mass is 35.5. The van der Waals surface area contributed by atoms with Crippen molar-refractivity contribution in [2.24, 2.45) is 11.5 Å². The minimum atomic E-state index is -0.984. The summed E-state index contributed by atoms with van der Waals surface area (Å²) in [5, 5.41) is 0.690. The topological polar surface area (TPSA) is 55.3 Å². The van der Waals surface area contributed by atoms with Gasteiger partial charge in [-0.3, -0.25) is 11.5 Å². The van der Waals surface area contributed by atoms with Crippen molar-refractivity contribution < 1.29 is 0 Å². The maximum atomic E-state index is 5.92. The molecule has 0 spiro atoms. The van der Waals surface area contributed by atoms with Crippen LogP contribution in [0, 0.1) is 0 Å². The fraction of sp³-hybridized carbons (Fsp3) is 0.0909. The van der Waals surface area contributed by atoms with Gasteiger partial charge in [-0.15, -0.1) is 0 Å². The highest BCUT2D eigenvalue weighted by Crippen LogP contribution is 2.23.